The number of nitrogens with one attached hydrogen (secondary N) is 3. The van der Waals surface area contributed by atoms with Crippen molar-refractivity contribution in [1.29, 1.82) is 0 Å². The van der Waals surface area contributed by atoms with E-state index in [9.17, 15) is 9.59 Å². The average molecular weight is 495 g/mol. The lowest BCUT2D eigenvalue weighted by molar-refractivity contribution is -0.125. The van der Waals surface area contributed by atoms with Crippen molar-refractivity contribution in [2.75, 3.05) is 12.4 Å². The first-order chi connectivity index (χ1) is 18.0. The molecule has 0 aliphatic carbocycles. The number of hydrogen-bond donors (Lipinski definition) is 3. The van der Waals surface area contributed by atoms with Crippen molar-refractivity contribution in [3.8, 4) is 0 Å². The summed E-state index contributed by atoms with van der Waals surface area (Å²) in [6.07, 6.45) is 3.67. The van der Waals surface area contributed by atoms with Gasteiger partial charge in [0.1, 0.15) is 6.04 Å². The molecule has 0 saturated carbocycles. The standard InChI is InChI=1S/C28H26N6O3/c1-16-13-31-23-11-18(7-8-22(23)32-16)30-14-17-9-10-37-26(17)28(36)34-15-24-20(12-25(34)27(35)29-2)19-5-3-4-6-21(19)33-24/h3-11,13,25,30,33H,12,14-15H2,1-2H3,(H,29,35). The van der Waals surface area contributed by atoms with Crippen LogP contribution < -0.4 is 10.6 Å². The van der Waals surface area contributed by atoms with E-state index in [1.165, 1.54) is 6.26 Å². The SMILES string of the molecule is CNC(=O)C1Cc2c([nH]c3ccccc23)CN1C(=O)c1occc1CNc1ccc2nc(C)cnc2c1. The maximum atomic E-state index is 13.7. The topological polar surface area (TPSA) is 116 Å². The molecule has 2 amide bonds. The smallest absolute Gasteiger partial charge is 0.290 e. The Labute approximate surface area is 212 Å². The molecule has 4 heterocycles. The number of aromatic amines is 1. The highest BCUT2D eigenvalue weighted by atomic mass is 16.3. The summed E-state index contributed by atoms with van der Waals surface area (Å²) in [5.74, 6) is -0.306. The van der Waals surface area contributed by atoms with Gasteiger partial charge in [-0.3, -0.25) is 14.6 Å². The molecule has 0 saturated heterocycles. The summed E-state index contributed by atoms with van der Waals surface area (Å²) in [6, 6.07) is 14.9. The summed E-state index contributed by atoms with van der Waals surface area (Å²) < 4.78 is 5.66. The van der Waals surface area contributed by atoms with E-state index in [2.05, 4.69) is 25.6 Å². The molecule has 0 spiro atoms. The zero-order chi connectivity index (χ0) is 25.5. The van der Waals surface area contributed by atoms with E-state index >= 15 is 0 Å². The predicted octanol–water partition coefficient (Wildman–Crippen LogP) is 3.94. The molecular formula is C28H26N6O3. The van der Waals surface area contributed by atoms with E-state index in [1.807, 2.05) is 49.4 Å². The minimum Gasteiger partial charge on any atom is -0.459 e. The highest BCUT2D eigenvalue weighted by molar-refractivity contribution is 5.98. The lowest BCUT2D eigenvalue weighted by Gasteiger charge is -2.34. The van der Waals surface area contributed by atoms with Gasteiger partial charge in [0.2, 0.25) is 5.91 Å². The highest BCUT2D eigenvalue weighted by Gasteiger charge is 2.38. The van der Waals surface area contributed by atoms with Crippen molar-refractivity contribution in [2.24, 2.45) is 0 Å². The summed E-state index contributed by atoms with van der Waals surface area (Å²) in [5, 5.41) is 7.14. The summed E-state index contributed by atoms with van der Waals surface area (Å²) in [5.41, 5.74) is 7.05. The minimum absolute atomic E-state index is 0.206. The Morgan fingerprint density at radius 1 is 1.16 bits per heavy atom. The highest BCUT2D eigenvalue weighted by Crippen LogP contribution is 2.32. The van der Waals surface area contributed by atoms with Crippen LogP contribution in [0.4, 0.5) is 5.69 Å². The van der Waals surface area contributed by atoms with Crippen LogP contribution in [-0.4, -0.2) is 44.8 Å². The fourth-order valence-electron chi connectivity index (χ4n) is 5.03. The molecule has 3 aromatic heterocycles. The normalized spacial score (nSPS) is 15.1. The number of anilines is 1. The van der Waals surface area contributed by atoms with E-state index in [0.717, 1.165) is 44.6 Å². The molecule has 0 radical (unpaired) electrons. The summed E-state index contributed by atoms with van der Waals surface area (Å²) >= 11 is 0. The molecule has 3 N–H and O–H groups in total. The third kappa shape index (κ3) is 4.08. The second kappa shape index (κ2) is 9.09. The maximum Gasteiger partial charge on any atom is 0.290 e. The number of para-hydroxylation sites is 1. The van der Waals surface area contributed by atoms with E-state index in [-0.39, 0.29) is 24.1 Å². The number of carbonyl (C=O) groups is 2. The first kappa shape index (κ1) is 22.8. The van der Waals surface area contributed by atoms with Gasteiger partial charge in [0.05, 0.1) is 29.5 Å². The maximum absolute atomic E-state index is 13.7. The molecule has 37 heavy (non-hydrogen) atoms. The van der Waals surface area contributed by atoms with E-state index in [0.29, 0.717) is 18.5 Å². The minimum atomic E-state index is -0.641. The molecule has 9 heteroatoms. The van der Waals surface area contributed by atoms with Gasteiger partial charge in [-0.1, -0.05) is 18.2 Å². The second-order valence-electron chi connectivity index (χ2n) is 9.24. The summed E-state index contributed by atoms with van der Waals surface area (Å²) in [6.45, 7) is 2.57. The number of fused-ring (bicyclic) bond motifs is 4. The number of furan rings is 1. The van der Waals surface area contributed by atoms with Crippen molar-refractivity contribution in [1.82, 2.24) is 25.2 Å². The number of rotatable bonds is 5. The Kier molecular flexibility index (Phi) is 5.60. The van der Waals surface area contributed by atoms with Crippen molar-refractivity contribution < 1.29 is 14.0 Å². The van der Waals surface area contributed by atoms with E-state index < -0.39 is 6.04 Å². The lowest BCUT2D eigenvalue weighted by Crippen LogP contribution is -2.52. The van der Waals surface area contributed by atoms with Gasteiger partial charge in [-0.15, -0.1) is 0 Å². The molecule has 0 bridgehead atoms. The van der Waals surface area contributed by atoms with Crippen molar-refractivity contribution >= 4 is 39.4 Å². The third-order valence-electron chi connectivity index (χ3n) is 6.90. The summed E-state index contributed by atoms with van der Waals surface area (Å²) in [7, 11) is 1.59. The van der Waals surface area contributed by atoms with Crippen LogP contribution in [0.2, 0.25) is 0 Å². The van der Waals surface area contributed by atoms with E-state index in [4.69, 9.17) is 4.42 Å². The van der Waals surface area contributed by atoms with Crippen LogP contribution in [0.1, 0.15) is 33.1 Å². The Hall–Kier alpha value is -4.66. The van der Waals surface area contributed by atoms with Crippen LogP contribution in [0.25, 0.3) is 21.9 Å². The Bertz CT molecular complexity index is 1650. The number of likely N-dealkylation sites (N-methyl/N-ethyl adjacent to an activating group) is 1. The first-order valence-corrected chi connectivity index (χ1v) is 12.2. The van der Waals surface area contributed by atoms with Gasteiger partial charge in [-0.05, 0) is 42.8 Å². The van der Waals surface area contributed by atoms with Gasteiger partial charge in [0, 0.05) is 54.1 Å². The van der Waals surface area contributed by atoms with Gasteiger partial charge in [-0.25, -0.2) is 4.98 Å². The van der Waals surface area contributed by atoms with Gasteiger partial charge >= 0.3 is 0 Å². The molecule has 1 aliphatic rings. The number of carbonyl (C=O) groups excluding carboxylic acids is 2. The van der Waals surface area contributed by atoms with Crippen LogP contribution in [0.15, 0.2) is 65.4 Å². The molecule has 5 aromatic rings. The van der Waals surface area contributed by atoms with Crippen molar-refractivity contribution in [3.05, 3.63) is 89.3 Å². The first-order valence-electron chi connectivity index (χ1n) is 12.2. The van der Waals surface area contributed by atoms with Gasteiger partial charge < -0.3 is 24.9 Å². The Balaban J connectivity index is 1.26. The zero-order valence-electron chi connectivity index (χ0n) is 20.5. The fourth-order valence-corrected chi connectivity index (χ4v) is 5.03. The van der Waals surface area contributed by atoms with Crippen LogP contribution in [-0.2, 0) is 24.3 Å². The van der Waals surface area contributed by atoms with Gasteiger partial charge in [0.15, 0.2) is 5.76 Å². The average Bonchev–Trinajstić information content (AvgIpc) is 3.54. The van der Waals surface area contributed by atoms with Crippen molar-refractivity contribution in [3.63, 3.8) is 0 Å². The monoisotopic (exact) mass is 494 g/mol. The largest absolute Gasteiger partial charge is 0.459 e. The quantitative estimate of drug-likeness (QED) is 0.341. The fraction of sp³-hybridized carbons (Fsp3) is 0.214. The predicted molar refractivity (Wildman–Crippen MR) is 140 cm³/mol. The molecule has 186 valence electrons. The number of aromatic nitrogens is 3. The molecule has 6 rings (SSSR count). The van der Waals surface area contributed by atoms with Gasteiger partial charge in [-0.2, -0.15) is 0 Å². The van der Waals surface area contributed by atoms with E-state index in [1.54, 1.807) is 24.2 Å². The summed E-state index contributed by atoms with van der Waals surface area (Å²) in [4.78, 5) is 40.6. The second-order valence-corrected chi connectivity index (χ2v) is 9.24. The Morgan fingerprint density at radius 2 is 2.03 bits per heavy atom. The molecule has 1 aliphatic heterocycles. The molecule has 2 aromatic carbocycles. The molecule has 1 unspecified atom stereocenters. The molecule has 0 fully saturated rings. The lowest BCUT2D eigenvalue weighted by atomic mass is 9.95. The van der Waals surface area contributed by atoms with Crippen molar-refractivity contribution in [2.45, 2.75) is 32.5 Å². The van der Waals surface area contributed by atoms with Crippen LogP contribution in [0.5, 0.6) is 0 Å². The molecular weight excluding hydrogens is 468 g/mol. The molecule has 9 nitrogen and oxygen atoms in total. The Morgan fingerprint density at radius 3 is 2.89 bits per heavy atom. The number of hydrogen-bond acceptors (Lipinski definition) is 6. The number of aryl methyl sites for hydroxylation is 1. The third-order valence-corrected chi connectivity index (χ3v) is 6.90. The number of benzene rings is 2. The van der Waals surface area contributed by atoms with Gasteiger partial charge in [0.25, 0.3) is 5.91 Å². The number of H-pyrrole nitrogens is 1. The van der Waals surface area contributed by atoms with Crippen LogP contribution in [0, 0.1) is 6.92 Å². The number of amides is 2. The van der Waals surface area contributed by atoms with Crippen LogP contribution >= 0.6 is 0 Å². The molecule has 1 atom stereocenters. The number of nitrogens with zero attached hydrogens (tertiary/aromatic N) is 3. The zero-order valence-corrected chi connectivity index (χ0v) is 20.5. The van der Waals surface area contributed by atoms with Crippen LogP contribution in [0.3, 0.4) is 0 Å².